The molecule has 2 aromatic rings. The molecule has 0 aromatic heterocycles. The van der Waals surface area contributed by atoms with Gasteiger partial charge in [-0.15, -0.1) is 0 Å². The van der Waals surface area contributed by atoms with Crippen molar-refractivity contribution < 1.29 is 19.1 Å². The fourth-order valence-corrected chi connectivity index (χ4v) is 2.36. The van der Waals surface area contributed by atoms with Gasteiger partial charge in [-0.3, -0.25) is 14.4 Å². The molecule has 1 aliphatic rings. The molecule has 7 nitrogen and oxygen atoms in total. The van der Waals surface area contributed by atoms with Gasteiger partial charge in [-0.25, -0.2) is 0 Å². The minimum absolute atomic E-state index is 0.176. The van der Waals surface area contributed by atoms with Crippen molar-refractivity contribution in [2.45, 2.75) is 6.42 Å². The number of carbonyl (C=O) groups is 3. The third-order valence-electron chi connectivity index (χ3n) is 3.54. The third-order valence-corrected chi connectivity index (χ3v) is 3.54. The highest BCUT2D eigenvalue weighted by atomic mass is 16.5. The van der Waals surface area contributed by atoms with E-state index in [9.17, 15) is 14.4 Å². The minimum atomic E-state index is -0.631. The predicted molar refractivity (Wildman–Crippen MR) is 88.1 cm³/mol. The second kappa shape index (κ2) is 6.41. The van der Waals surface area contributed by atoms with E-state index in [1.54, 1.807) is 30.3 Å². The van der Waals surface area contributed by atoms with Crippen molar-refractivity contribution in [1.82, 2.24) is 0 Å². The number of hydrogen-bond acceptors (Lipinski definition) is 4. The molecule has 0 saturated carbocycles. The number of hydrogen-bond donors (Lipinski definition) is 3. The summed E-state index contributed by atoms with van der Waals surface area (Å²) in [7, 11) is 0. The first-order chi connectivity index (χ1) is 11.5. The average Bonchev–Trinajstić information content (AvgIpc) is 2.74. The minimum Gasteiger partial charge on any atom is -0.491 e. The largest absolute Gasteiger partial charge is 0.491 e. The van der Waals surface area contributed by atoms with Crippen LogP contribution in [0.2, 0.25) is 0 Å². The van der Waals surface area contributed by atoms with Crippen LogP contribution >= 0.6 is 0 Å². The predicted octanol–water partition coefficient (Wildman–Crippen LogP) is 1.76. The molecule has 0 bridgehead atoms. The number of para-hydroxylation sites is 1. The summed E-state index contributed by atoms with van der Waals surface area (Å²) in [5.41, 5.74) is 6.60. The fourth-order valence-electron chi connectivity index (χ4n) is 2.36. The molecule has 122 valence electrons. The number of benzene rings is 2. The van der Waals surface area contributed by atoms with Crippen molar-refractivity contribution in [2.24, 2.45) is 5.73 Å². The summed E-state index contributed by atoms with van der Waals surface area (Å²) in [6.07, 6.45) is 0.252. The quantitative estimate of drug-likeness (QED) is 0.798. The molecule has 0 saturated heterocycles. The summed E-state index contributed by atoms with van der Waals surface area (Å²) >= 11 is 0. The number of nitrogens with one attached hydrogen (secondary N) is 2. The van der Waals surface area contributed by atoms with Gasteiger partial charge in [0.2, 0.25) is 5.91 Å². The van der Waals surface area contributed by atoms with Gasteiger partial charge in [0.25, 0.3) is 11.8 Å². The molecule has 7 heteroatoms. The number of rotatable bonds is 3. The lowest BCUT2D eigenvalue weighted by Gasteiger charge is -2.11. The summed E-state index contributed by atoms with van der Waals surface area (Å²) in [5.74, 6) is -0.723. The Balaban J connectivity index is 1.86. The van der Waals surface area contributed by atoms with Crippen molar-refractivity contribution in [1.29, 1.82) is 0 Å². The lowest BCUT2D eigenvalue weighted by Crippen LogP contribution is -2.18. The van der Waals surface area contributed by atoms with E-state index in [2.05, 4.69) is 10.6 Å². The van der Waals surface area contributed by atoms with Gasteiger partial charge in [0, 0.05) is 5.56 Å². The molecule has 3 rings (SSSR count). The summed E-state index contributed by atoms with van der Waals surface area (Å²) in [4.78, 5) is 35.4. The summed E-state index contributed by atoms with van der Waals surface area (Å²) in [6, 6.07) is 11.2. The Hall–Kier alpha value is -3.35. The Bertz CT molecular complexity index is 832. The van der Waals surface area contributed by atoms with Crippen molar-refractivity contribution in [3.63, 3.8) is 0 Å². The first-order valence-corrected chi connectivity index (χ1v) is 7.31. The van der Waals surface area contributed by atoms with Gasteiger partial charge in [0.1, 0.15) is 5.75 Å². The number of anilines is 2. The van der Waals surface area contributed by atoms with Crippen LogP contribution in [0.15, 0.2) is 42.5 Å². The topological polar surface area (TPSA) is 111 Å². The molecule has 0 spiro atoms. The van der Waals surface area contributed by atoms with Crippen molar-refractivity contribution >= 4 is 29.1 Å². The van der Waals surface area contributed by atoms with Gasteiger partial charge in [-0.05, 0) is 30.3 Å². The zero-order valence-electron chi connectivity index (χ0n) is 12.7. The second-order valence-corrected chi connectivity index (χ2v) is 5.22. The van der Waals surface area contributed by atoms with Crippen LogP contribution in [0.5, 0.6) is 5.75 Å². The molecule has 24 heavy (non-hydrogen) atoms. The Labute approximate surface area is 137 Å². The van der Waals surface area contributed by atoms with Gasteiger partial charge < -0.3 is 21.1 Å². The second-order valence-electron chi connectivity index (χ2n) is 5.22. The maximum Gasteiger partial charge on any atom is 0.255 e. The Morgan fingerprint density at radius 2 is 1.96 bits per heavy atom. The maximum absolute atomic E-state index is 12.4. The van der Waals surface area contributed by atoms with E-state index in [1.807, 2.05) is 0 Å². The summed E-state index contributed by atoms with van der Waals surface area (Å²) in [6.45, 7) is 0.288. The molecule has 3 amide bonds. The van der Waals surface area contributed by atoms with Crippen LogP contribution in [0.25, 0.3) is 0 Å². The number of fused-ring (bicyclic) bond motifs is 1. The highest BCUT2D eigenvalue weighted by Gasteiger charge is 2.17. The average molecular weight is 325 g/mol. The summed E-state index contributed by atoms with van der Waals surface area (Å²) < 4.78 is 5.45. The van der Waals surface area contributed by atoms with Gasteiger partial charge in [-0.2, -0.15) is 0 Å². The van der Waals surface area contributed by atoms with Crippen LogP contribution < -0.4 is 21.1 Å². The van der Waals surface area contributed by atoms with E-state index in [0.29, 0.717) is 22.7 Å². The van der Waals surface area contributed by atoms with Crippen LogP contribution in [0.3, 0.4) is 0 Å². The monoisotopic (exact) mass is 325 g/mol. The number of amides is 3. The zero-order valence-corrected chi connectivity index (χ0v) is 12.7. The van der Waals surface area contributed by atoms with Crippen LogP contribution in [0.4, 0.5) is 11.4 Å². The van der Waals surface area contributed by atoms with Crippen LogP contribution in [0, 0.1) is 0 Å². The molecule has 0 atom stereocenters. The Kier molecular flexibility index (Phi) is 4.15. The first-order valence-electron chi connectivity index (χ1n) is 7.31. The molecule has 2 aromatic carbocycles. The van der Waals surface area contributed by atoms with Gasteiger partial charge in [-0.1, -0.05) is 12.1 Å². The van der Waals surface area contributed by atoms with Gasteiger partial charge in [0.15, 0.2) is 0 Å². The van der Waals surface area contributed by atoms with Crippen LogP contribution in [-0.2, 0) is 4.79 Å². The molecular weight excluding hydrogens is 310 g/mol. The van der Waals surface area contributed by atoms with Gasteiger partial charge >= 0.3 is 0 Å². The molecule has 0 fully saturated rings. The van der Waals surface area contributed by atoms with E-state index in [0.717, 1.165) is 0 Å². The van der Waals surface area contributed by atoms with E-state index in [1.165, 1.54) is 12.1 Å². The van der Waals surface area contributed by atoms with E-state index in [4.69, 9.17) is 10.5 Å². The summed E-state index contributed by atoms with van der Waals surface area (Å²) in [5, 5.41) is 5.34. The van der Waals surface area contributed by atoms with Crippen molar-refractivity contribution in [2.75, 3.05) is 17.2 Å². The zero-order chi connectivity index (χ0) is 17.1. The highest BCUT2D eigenvalue weighted by Crippen LogP contribution is 2.28. The Morgan fingerprint density at radius 3 is 2.75 bits per heavy atom. The molecule has 0 unspecified atom stereocenters. The molecular formula is C17H15N3O4. The van der Waals surface area contributed by atoms with Gasteiger partial charge in [0.05, 0.1) is 30.0 Å². The maximum atomic E-state index is 12.4. The molecule has 1 heterocycles. The SMILES string of the molecule is NC(=O)c1ccccc1NC(=O)c1ccc2c(c1)NC(=O)CCO2. The lowest BCUT2D eigenvalue weighted by molar-refractivity contribution is -0.116. The Morgan fingerprint density at radius 1 is 1.17 bits per heavy atom. The third kappa shape index (κ3) is 3.19. The number of primary amides is 1. The molecule has 0 radical (unpaired) electrons. The fraction of sp³-hybridized carbons (Fsp3) is 0.118. The smallest absolute Gasteiger partial charge is 0.255 e. The van der Waals surface area contributed by atoms with E-state index in [-0.39, 0.29) is 24.5 Å². The van der Waals surface area contributed by atoms with Crippen molar-refractivity contribution in [3.05, 3.63) is 53.6 Å². The normalized spacial score (nSPS) is 13.1. The van der Waals surface area contributed by atoms with Crippen LogP contribution in [0.1, 0.15) is 27.1 Å². The van der Waals surface area contributed by atoms with E-state index < -0.39 is 11.8 Å². The number of ether oxygens (including phenoxy) is 1. The lowest BCUT2D eigenvalue weighted by atomic mass is 10.1. The van der Waals surface area contributed by atoms with Crippen LogP contribution in [-0.4, -0.2) is 24.3 Å². The standard InChI is InChI=1S/C17H15N3O4/c18-16(22)11-3-1-2-4-12(11)20-17(23)10-5-6-14-13(9-10)19-15(21)7-8-24-14/h1-6,9H,7-8H2,(H2,18,22)(H,19,21)(H,20,23). The molecule has 1 aliphatic heterocycles. The van der Waals surface area contributed by atoms with E-state index >= 15 is 0 Å². The molecule has 0 aliphatic carbocycles. The number of nitrogens with two attached hydrogens (primary N) is 1. The van der Waals surface area contributed by atoms with Crippen molar-refractivity contribution in [3.8, 4) is 5.75 Å². The first kappa shape index (κ1) is 15.5. The highest BCUT2D eigenvalue weighted by molar-refractivity contribution is 6.09. The number of carbonyl (C=O) groups excluding carboxylic acids is 3. The molecule has 4 N–H and O–H groups in total.